The fourth-order valence-corrected chi connectivity index (χ4v) is 1.24. The van der Waals surface area contributed by atoms with Crippen molar-refractivity contribution in [2.45, 2.75) is 0 Å². The van der Waals surface area contributed by atoms with Crippen LogP contribution in [0, 0.1) is 5.95 Å². The second kappa shape index (κ2) is 2.27. The maximum atomic E-state index is 12.5. The summed E-state index contributed by atoms with van der Waals surface area (Å²) in [6.07, 6.45) is 0. The van der Waals surface area contributed by atoms with E-state index in [0.29, 0.717) is 5.65 Å². The van der Waals surface area contributed by atoms with E-state index in [-0.39, 0.29) is 0 Å². The minimum Gasteiger partial charge on any atom is -0.269 e. The lowest BCUT2D eigenvalue weighted by Gasteiger charge is -1.86. The molecule has 0 fully saturated rings. The summed E-state index contributed by atoms with van der Waals surface area (Å²) < 4.78 is 13.2. The van der Waals surface area contributed by atoms with E-state index in [1.54, 1.807) is 6.07 Å². The number of fused-ring (bicyclic) bond motifs is 1. The molecule has 2 heterocycles. The van der Waals surface area contributed by atoms with Crippen molar-refractivity contribution in [1.29, 1.82) is 0 Å². The van der Waals surface area contributed by atoms with Crippen LogP contribution in [0.1, 0.15) is 0 Å². The number of aromatic amines is 1. The molecule has 0 spiro atoms. The Morgan fingerprint density at radius 2 is 2.27 bits per heavy atom. The van der Waals surface area contributed by atoms with Gasteiger partial charge in [-0.2, -0.15) is 14.5 Å². The van der Waals surface area contributed by atoms with Crippen molar-refractivity contribution in [3.05, 3.63) is 22.7 Å². The molecule has 0 bridgehead atoms. The molecule has 0 atom stereocenters. The highest BCUT2D eigenvalue weighted by Gasteiger charge is 2.03. The third-order valence-corrected chi connectivity index (χ3v) is 1.94. The fourth-order valence-electron chi connectivity index (χ4n) is 0.844. The molecule has 56 valence electrons. The van der Waals surface area contributed by atoms with E-state index in [4.69, 9.17) is 0 Å². The number of nitrogens with one attached hydrogen (secondary N) is 1. The summed E-state index contributed by atoms with van der Waals surface area (Å²) in [5.41, 5.74) is 0.386. The zero-order valence-corrected chi connectivity index (χ0v) is 6.89. The van der Waals surface area contributed by atoms with Gasteiger partial charge in [0.25, 0.3) is 0 Å². The van der Waals surface area contributed by atoms with Crippen molar-refractivity contribution in [2.75, 3.05) is 0 Å². The van der Waals surface area contributed by atoms with Crippen LogP contribution in [0.5, 0.6) is 0 Å². The van der Waals surface area contributed by atoms with Gasteiger partial charge in [0, 0.05) is 0 Å². The van der Waals surface area contributed by atoms with E-state index in [0.717, 1.165) is 9.99 Å². The third kappa shape index (κ3) is 1.01. The van der Waals surface area contributed by atoms with Crippen molar-refractivity contribution in [3.63, 3.8) is 0 Å². The molecule has 3 nitrogen and oxygen atoms in total. The monoisotopic (exact) mass is 215 g/mol. The Balaban J connectivity index is 2.86. The number of hydrogen-bond donors (Lipinski definition) is 1. The van der Waals surface area contributed by atoms with E-state index in [2.05, 4.69) is 31.1 Å². The lowest BCUT2D eigenvalue weighted by molar-refractivity contribution is 0.588. The smallest absolute Gasteiger partial charge is 0.214 e. The van der Waals surface area contributed by atoms with E-state index in [1.165, 1.54) is 6.07 Å². The molecule has 11 heavy (non-hydrogen) atoms. The Morgan fingerprint density at radius 1 is 1.45 bits per heavy atom. The molecular formula is C6H3BrFN3. The lowest BCUT2D eigenvalue weighted by Crippen LogP contribution is -1.81. The average molecular weight is 216 g/mol. The number of halogens is 2. The number of rotatable bonds is 0. The topological polar surface area (TPSA) is 41.6 Å². The zero-order chi connectivity index (χ0) is 7.84. The van der Waals surface area contributed by atoms with E-state index in [1.807, 2.05) is 0 Å². The summed E-state index contributed by atoms with van der Waals surface area (Å²) in [5, 5.41) is 7.18. The van der Waals surface area contributed by atoms with Gasteiger partial charge in [-0.1, -0.05) is 0 Å². The Bertz CT molecular complexity index is 398. The number of pyridine rings is 1. The summed E-state index contributed by atoms with van der Waals surface area (Å²) in [5.74, 6) is -0.517. The molecule has 0 aliphatic carbocycles. The van der Waals surface area contributed by atoms with Crippen LogP contribution in [0.25, 0.3) is 11.0 Å². The van der Waals surface area contributed by atoms with Crippen molar-refractivity contribution >= 4 is 27.0 Å². The van der Waals surface area contributed by atoms with Crippen LogP contribution in [0.2, 0.25) is 0 Å². The molecular weight excluding hydrogens is 213 g/mol. The highest BCUT2D eigenvalue weighted by molar-refractivity contribution is 9.10. The second-order valence-corrected chi connectivity index (χ2v) is 2.84. The van der Waals surface area contributed by atoms with Crippen LogP contribution in [0.3, 0.4) is 0 Å². The summed E-state index contributed by atoms with van der Waals surface area (Å²) in [6, 6.07) is 2.91. The minimum atomic E-state index is -0.517. The second-order valence-electron chi connectivity index (χ2n) is 2.04. The van der Waals surface area contributed by atoms with Gasteiger partial charge in [-0.3, -0.25) is 5.10 Å². The van der Waals surface area contributed by atoms with Crippen molar-refractivity contribution in [2.24, 2.45) is 0 Å². The molecule has 0 amide bonds. The van der Waals surface area contributed by atoms with Crippen LogP contribution in [0.15, 0.2) is 16.7 Å². The molecule has 0 saturated carbocycles. The summed E-state index contributed by atoms with van der Waals surface area (Å²) >= 11 is 3.21. The summed E-state index contributed by atoms with van der Waals surface area (Å²) in [6.45, 7) is 0. The molecule has 0 aliphatic rings. The average Bonchev–Trinajstić information content (AvgIpc) is 2.32. The third-order valence-electron chi connectivity index (χ3n) is 1.34. The van der Waals surface area contributed by atoms with Gasteiger partial charge >= 0.3 is 0 Å². The van der Waals surface area contributed by atoms with Crippen LogP contribution in [-0.4, -0.2) is 15.2 Å². The number of aromatic nitrogens is 3. The van der Waals surface area contributed by atoms with Gasteiger partial charge in [-0.25, -0.2) is 0 Å². The SMILES string of the molecule is Fc1ccc2c(Br)[nH]nc2n1. The van der Waals surface area contributed by atoms with Gasteiger partial charge in [0.15, 0.2) is 5.65 Å². The number of hydrogen-bond acceptors (Lipinski definition) is 2. The quantitative estimate of drug-likeness (QED) is 0.682. The predicted molar refractivity (Wildman–Crippen MR) is 41.5 cm³/mol. The largest absolute Gasteiger partial charge is 0.269 e. The standard InChI is InChI=1S/C6H3BrFN3/c7-5-3-1-2-4(8)9-6(3)11-10-5/h1-2H,(H,9,10,11). The van der Waals surface area contributed by atoms with Crippen molar-refractivity contribution in [1.82, 2.24) is 15.2 Å². The normalized spacial score (nSPS) is 10.7. The molecule has 2 aromatic heterocycles. The predicted octanol–water partition coefficient (Wildman–Crippen LogP) is 1.86. The maximum absolute atomic E-state index is 12.5. The van der Waals surface area contributed by atoms with Crippen molar-refractivity contribution < 1.29 is 4.39 Å². The van der Waals surface area contributed by atoms with E-state index < -0.39 is 5.95 Å². The molecule has 2 aromatic rings. The highest BCUT2D eigenvalue weighted by atomic mass is 79.9. The van der Waals surface area contributed by atoms with Crippen molar-refractivity contribution in [3.8, 4) is 0 Å². The number of H-pyrrole nitrogens is 1. The number of nitrogens with zero attached hydrogens (tertiary/aromatic N) is 2. The molecule has 0 radical (unpaired) electrons. The highest BCUT2D eigenvalue weighted by Crippen LogP contribution is 2.18. The molecule has 5 heteroatoms. The van der Waals surface area contributed by atoms with Gasteiger partial charge < -0.3 is 0 Å². The van der Waals surface area contributed by atoms with Crippen LogP contribution < -0.4 is 0 Å². The first-order valence-corrected chi connectivity index (χ1v) is 3.73. The van der Waals surface area contributed by atoms with Gasteiger partial charge in [-0.15, -0.1) is 0 Å². The lowest BCUT2D eigenvalue weighted by atomic mass is 10.4. The Morgan fingerprint density at radius 3 is 3.09 bits per heavy atom. The van der Waals surface area contributed by atoms with Crippen LogP contribution >= 0.6 is 15.9 Å². The van der Waals surface area contributed by atoms with Gasteiger partial charge in [0.2, 0.25) is 5.95 Å². The van der Waals surface area contributed by atoms with Crippen LogP contribution in [-0.2, 0) is 0 Å². The molecule has 0 unspecified atom stereocenters. The maximum Gasteiger partial charge on any atom is 0.214 e. The summed E-state index contributed by atoms with van der Waals surface area (Å²) in [7, 11) is 0. The first kappa shape index (κ1) is 6.72. The zero-order valence-electron chi connectivity index (χ0n) is 5.31. The minimum absolute atomic E-state index is 0.386. The Hall–Kier alpha value is -0.970. The van der Waals surface area contributed by atoms with Gasteiger partial charge in [0.05, 0.1) is 5.39 Å². The molecule has 1 N–H and O–H groups in total. The van der Waals surface area contributed by atoms with E-state index in [9.17, 15) is 4.39 Å². The Labute approximate surface area is 69.8 Å². The fraction of sp³-hybridized carbons (Fsp3) is 0. The van der Waals surface area contributed by atoms with Crippen LogP contribution in [0.4, 0.5) is 4.39 Å². The summed E-state index contributed by atoms with van der Waals surface area (Å²) in [4.78, 5) is 3.56. The first-order chi connectivity index (χ1) is 5.27. The molecule has 2 rings (SSSR count). The molecule has 0 aliphatic heterocycles. The van der Waals surface area contributed by atoms with Gasteiger partial charge in [-0.05, 0) is 28.1 Å². The molecule has 0 aromatic carbocycles. The molecule has 0 saturated heterocycles. The first-order valence-electron chi connectivity index (χ1n) is 2.93. The van der Waals surface area contributed by atoms with E-state index >= 15 is 0 Å². The Kier molecular flexibility index (Phi) is 1.38. The van der Waals surface area contributed by atoms with Gasteiger partial charge in [0.1, 0.15) is 4.60 Å².